The Labute approximate surface area is 260 Å². The Morgan fingerprint density at radius 2 is 1.52 bits per heavy atom. The van der Waals surface area contributed by atoms with Crippen molar-refractivity contribution in [2.75, 3.05) is 16.8 Å². The van der Waals surface area contributed by atoms with E-state index in [0.717, 1.165) is 72.7 Å². The van der Waals surface area contributed by atoms with E-state index in [1.54, 1.807) is 0 Å². The molecular weight excluding hydrogens is 575 g/mol. The van der Waals surface area contributed by atoms with Crippen molar-refractivity contribution in [2.24, 2.45) is 0 Å². The van der Waals surface area contributed by atoms with Crippen LogP contribution in [-0.4, -0.2) is 64.2 Å². The summed E-state index contributed by atoms with van der Waals surface area (Å²) >= 11 is 1.94. The summed E-state index contributed by atoms with van der Waals surface area (Å²) in [6, 6.07) is 14.0. The van der Waals surface area contributed by atoms with Crippen molar-refractivity contribution in [3.8, 4) is 0 Å². The van der Waals surface area contributed by atoms with Crippen molar-refractivity contribution in [3.05, 3.63) is 96.2 Å². The number of pyridine rings is 3. The zero-order chi connectivity index (χ0) is 29.9. The summed E-state index contributed by atoms with van der Waals surface area (Å²) in [5.41, 5.74) is 4.19. The van der Waals surface area contributed by atoms with Gasteiger partial charge in [-0.25, -0.2) is 19.3 Å². The molecule has 1 aliphatic carbocycles. The second-order valence-electron chi connectivity index (χ2n) is 11.9. The molecule has 6 heterocycles. The summed E-state index contributed by atoms with van der Waals surface area (Å²) in [4.78, 5) is 29.9. The van der Waals surface area contributed by atoms with Gasteiger partial charge >= 0.3 is 0 Å². The Bertz CT molecular complexity index is 1600. The summed E-state index contributed by atoms with van der Waals surface area (Å²) in [5.74, 6) is 1.86. The van der Waals surface area contributed by atoms with E-state index >= 15 is 0 Å². The molecule has 0 aromatic carbocycles. The molecule has 11 heteroatoms. The van der Waals surface area contributed by atoms with Gasteiger partial charge in [-0.2, -0.15) is 11.8 Å². The number of imidazole rings is 2. The van der Waals surface area contributed by atoms with Gasteiger partial charge in [0.1, 0.15) is 22.9 Å². The third-order valence-electron chi connectivity index (χ3n) is 8.77. The fraction of sp³-hybridized carbons (Fsp3) is 0.394. The number of halogens is 1. The fourth-order valence-electron chi connectivity index (χ4n) is 6.47. The molecule has 1 amide bonds. The third-order valence-corrected chi connectivity index (χ3v) is 9.82. The smallest absolute Gasteiger partial charge is 0.255 e. The average molecular weight is 613 g/mol. The van der Waals surface area contributed by atoms with Gasteiger partial charge in [0.2, 0.25) is 0 Å². The van der Waals surface area contributed by atoms with Crippen molar-refractivity contribution < 1.29 is 9.18 Å². The summed E-state index contributed by atoms with van der Waals surface area (Å²) in [6.45, 7) is 1.42. The van der Waals surface area contributed by atoms with Gasteiger partial charge in [0.05, 0.1) is 23.1 Å². The maximum absolute atomic E-state index is 14.2. The molecule has 1 aliphatic heterocycles. The number of carbonyl (C=O) groups is 1. The SMILES string of the molecule is O=C(N[C@H]1CC[C@@H](N(Cc2cn3ccccc3n2)Cc2cn3ccccc3n2)CC1)c1cc(F)cnc1NC1CCSCC1. The first-order valence-corrected chi connectivity index (χ1v) is 16.6. The number of aromatic nitrogens is 5. The Balaban J connectivity index is 1.03. The number of nitrogens with zero attached hydrogens (tertiary/aromatic N) is 6. The number of carbonyl (C=O) groups excluding carboxylic acids is 1. The molecule has 2 fully saturated rings. The van der Waals surface area contributed by atoms with E-state index < -0.39 is 5.82 Å². The van der Waals surface area contributed by atoms with Gasteiger partial charge in [0.25, 0.3) is 5.91 Å². The Kier molecular flexibility index (Phi) is 8.48. The zero-order valence-corrected chi connectivity index (χ0v) is 25.4. The van der Waals surface area contributed by atoms with Gasteiger partial charge in [0.15, 0.2) is 0 Å². The van der Waals surface area contributed by atoms with Crippen LogP contribution in [0.5, 0.6) is 0 Å². The normalized spacial score (nSPS) is 19.5. The summed E-state index contributed by atoms with van der Waals surface area (Å²) in [7, 11) is 0. The minimum atomic E-state index is -0.502. The quantitative estimate of drug-likeness (QED) is 0.225. The van der Waals surface area contributed by atoms with Crippen LogP contribution in [0.2, 0.25) is 0 Å². The van der Waals surface area contributed by atoms with E-state index in [1.165, 1.54) is 12.3 Å². The van der Waals surface area contributed by atoms with Crippen LogP contribution in [-0.2, 0) is 13.1 Å². The number of hydrogen-bond donors (Lipinski definition) is 2. The maximum Gasteiger partial charge on any atom is 0.255 e. The highest BCUT2D eigenvalue weighted by atomic mass is 32.2. The fourth-order valence-corrected chi connectivity index (χ4v) is 7.57. The minimum Gasteiger partial charge on any atom is -0.367 e. The van der Waals surface area contributed by atoms with Crippen LogP contribution in [0.25, 0.3) is 11.3 Å². The molecule has 9 nitrogen and oxygen atoms in total. The first-order valence-electron chi connectivity index (χ1n) is 15.5. The van der Waals surface area contributed by atoms with Gasteiger partial charge in [0, 0.05) is 56.0 Å². The molecule has 5 aromatic heterocycles. The van der Waals surface area contributed by atoms with Gasteiger partial charge in [-0.05, 0) is 80.4 Å². The van der Waals surface area contributed by atoms with Crippen LogP contribution in [0.4, 0.5) is 10.2 Å². The molecule has 2 N–H and O–H groups in total. The van der Waals surface area contributed by atoms with Gasteiger partial charge in [-0.3, -0.25) is 9.69 Å². The van der Waals surface area contributed by atoms with Gasteiger partial charge in [-0.1, -0.05) is 12.1 Å². The van der Waals surface area contributed by atoms with Crippen molar-refractivity contribution in [3.63, 3.8) is 0 Å². The topological polar surface area (TPSA) is 91.9 Å². The van der Waals surface area contributed by atoms with Gasteiger partial charge in [-0.15, -0.1) is 0 Å². The molecule has 0 radical (unpaired) electrons. The minimum absolute atomic E-state index is 0.0215. The van der Waals surface area contributed by atoms with E-state index in [1.807, 2.05) is 60.6 Å². The number of nitrogens with one attached hydrogen (secondary N) is 2. The molecule has 0 bridgehead atoms. The van der Waals surface area contributed by atoms with E-state index in [4.69, 9.17) is 9.97 Å². The second kappa shape index (κ2) is 13.0. The number of thioether (sulfide) groups is 1. The standard InChI is InChI=1S/C33H37FN8OS/c34-23-17-29(32(35-18-23)38-25-11-15-44-16-12-25)33(43)39-24-7-9-28(10-8-24)42(21-26-19-40-13-3-1-5-30(40)36-26)22-27-20-41-14-4-2-6-31(41)37-27/h1-6,13-14,17-20,24-25,28H,7-12,15-16,21-22H2,(H,35,38)(H,39,43)/t24-,28+. The highest BCUT2D eigenvalue weighted by Gasteiger charge is 2.29. The summed E-state index contributed by atoms with van der Waals surface area (Å²) in [6.07, 6.45) is 15.0. The molecule has 7 rings (SSSR count). The van der Waals surface area contributed by atoms with E-state index in [2.05, 4.69) is 41.7 Å². The highest BCUT2D eigenvalue weighted by Crippen LogP contribution is 2.28. The van der Waals surface area contributed by atoms with Crippen molar-refractivity contribution in [1.29, 1.82) is 0 Å². The van der Waals surface area contributed by atoms with Crippen LogP contribution < -0.4 is 10.6 Å². The number of fused-ring (bicyclic) bond motifs is 2. The lowest BCUT2D eigenvalue weighted by Crippen LogP contribution is -2.44. The molecule has 228 valence electrons. The van der Waals surface area contributed by atoms with E-state index in [0.29, 0.717) is 24.9 Å². The van der Waals surface area contributed by atoms with Crippen LogP contribution in [0.15, 0.2) is 73.4 Å². The zero-order valence-electron chi connectivity index (χ0n) is 24.6. The number of anilines is 1. The Morgan fingerprint density at radius 1 is 0.886 bits per heavy atom. The molecule has 0 spiro atoms. The van der Waals surface area contributed by atoms with E-state index in [-0.39, 0.29) is 23.6 Å². The molecule has 5 aromatic rings. The molecule has 44 heavy (non-hydrogen) atoms. The highest BCUT2D eigenvalue weighted by molar-refractivity contribution is 7.99. The third kappa shape index (κ3) is 6.58. The van der Waals surface area contributed by atoms with Gasteiger partial charge < -0.3 is 19.4 Å². The summed E-state index contributed by atoms with van der Waals surface area (Å²) in [5, 5.41) is 6.60. The lowest BCUT2D eigenvalue weighted by molar-refractivity contribution is 0.0891. The number of rotatable bonds is 9. The molecule has 0 unspecified atom stereocenters. The lowest BCUT2D eigenvalue weighted by Gasteiger charge is -2.36. The Hall–Kier alpha value is -3.96. The van der Waals surface area contributed by atoms with Crippen LogP contribution >= 0.6 is 11.8 Å². The predicted molar refractivity (Wildman–Crippen MR) is 171 cm³/mol. The molecule has 0 atom stereocenters. The van der Waals surface area contributed by atoms with Crippen LogP contribution in [0.1, 0.15) is 60.3 Å². The molecule has 1 saturated carbocycles. The van der Waals surface area contributed by atoms with Crippen LogP contribution in [0, 0.1) is 5.82 Å². The monoisotopic (exact) mass is 612 g/mol. The number of hydrogen-bond acceptors (Lipinski definition) is 7. The second-order valence-corrected chi connectivity index (χ2v) is 13.1. The van der Waals surface area contributed by atoms with Crippen molar-refractivity contribution >= 4 is 34.8 Å². The van der Waals surface area contributed by atoms with Crippen LogP contribution in [0.3, 0.4) is 0 Å². The largest absolute Gasteiger partial charge is 0.367 e. The Morgan fingerprint density at radius 3 is 2.14 bits per heavy atom. The first kappa shape index (κ1) is 28.8. The van der Waals surface area contributed by atoms with Crippen molar-refractivity contribution in [1.82, 2.24) is 34.0 Å². The molecule has 2 aliphatic rings. The van der Waals surface area contributed by atoms with Crippen molar-refractivity contribution in [2.45, 2.75) is 69.7 Å². The molecule has 1 saturated heterocycles. The predicted octanol–water partition coefficient (Wildman–Crippen LogP) is 5.57. The average Bonchev–Trinajstić information content (AvgIpc) is 3.65. The summed E-state index contributed by atoms with van der Waals surface area (Å²) < 4.78 is 18.3. The maximum atomic E-state index is 14.2. The molecular formula is C33H37FN8OS. The first-order chi connectivity index (χ1) is 21.6. The lowest BCUT2D eigenvalue weighted by atomic mass is 9.89. The number of amides is 1. The van der Waals surface area contributed by atoms with E-state index in [9.17, 15) is 9.18 Å².